The molecule has 110 valence electrons. The Hall–Kier alpha value is -0.770. The quantitative estimate of drug-likeness (QED) is 0.905. The molecule has 0 radical (unpaired) electrons. The Kier molecular flexibility index (Phi) is 5.70. The normalized spacial score (nSPS) is 18.6. The Morgan fingerprint density at radius 1 is 1.40 bits per heavy atom. The van der Waals surface area contributed by atoms with Gasteiger partial charge in [0, 0.05) is 29.2 Å². The number of hydrogen-bond donors (Lipinski definition) is 1. The summed E-state index contributed by atoms with van der Waals surface area (Å²) >= 11 is 12.0. The molecule has 0 saturated carbocycles. The van der Waals surface area contributed by atoms with Gasteiger partial charge in [0.2, 0.25) is 5.91 Å². The number of nitrogens with zero attached hydrogens (tertiary/aromatic N) is 1. The highest BCUT2D eigenvalue weighted by Gasteiger charge is 2.28. The van der Waals surface area contributed by atoms with Gasteiger partial charge in [-0.3, -0.25) is 4.79 Å². The summed E-state index contributed by atoms with van der Waals surface area (Å²) in [5.74, 6) is 0.106. The molecule has 1 aliphatic rings. The second kappa shape index (κ2) is 7.30. The van der Waals surface area contributed by atoms with Gasteiger partial charge in [-0.1, -0.05) is 29.3 Å². The van der Waals surface area contributed by atoms with Crippen molar-refractivity contribution in [1.82, 2.24) is 4.90 Å². The van der Waals surface area contributed by atoms with Crippen LogP contribution in [-0.2, 0) is 11.2 Å². The average molecular weight is 316 g/mol. The van der Waals surface area contributed by atoms with Crippen LogP contribution >= 0.6 is 23.2 Å². The lowest BCUT2D eigenvalue weighted by molar-refractivity contribution is -0.131. The molecule has 0 aliphatic carbocycles. The van der Waals surface area contributed by atoms with Gasteiger partial charge in [-0.25, -0.2) is 0 Å². The van der Waals surface area contributed by atoms with Crippen molar-refractivity contribution in [2.24, 2.45) is 0 Å². The lowest BCUT2D eigenvalue weighted by Crippen LogP contribution is -2.36. The molecule has 0 aromatic heterocycles. The number of carbonyl (C=O) groups excluding carboxylic acids is 1. The molecule has 1 aromatic carbocycles. The third-order valence-electron chi connectivity index (χ3n) is 3.75. The van der Waals surface area contributed by atoms with Crippen molar-refractivity contribution in [2.75, 3.05) is 13.2 Å². The van der Waals surface area contributed by atoms with Gasteiger partial charge in [0.05, 0.1) is 6.42 Å². The van der Waals surface area contributed by atoms with E-state index in [2.05, 4.69) is 0 Å². The van der Waals surface area contributed by atoms with Gasteiger partial charge in [-0.2, -0.15) is 0 Å². The van der Waals surface area contributed by atoms with Crippen LogP contribution in [-0.4, -0.2) is 35.1 Å². The van der Waals surface area contributed by atoms with E-state index in [-0.39, 0.29) is 18.6 Å². The zero-order valence-corrected chi connectivity index (χ0v) is 12.8. The van der Waals surface area contributed by atoms with Crippen LogP contribution in [0.3, 0.4) is 0 Å². The molecule has 1 unspecified atom stereocenters. The van der Waals surface area contributed by atoms with E-state index in [1.165, 1.54) is 0 Å². The predicted octanol–water partition coefficient (Wildman–Crippen LogP) is 3.30. The lowest BCUT2D eigenvalue weighted by atomic mass is 10.1. The molecule has 0 spiro atoms. The smallest absolute Gasteiger partial charge is 0.227 e. The number of hydrogen-bond acceptors (Lipinski definition) is 2. The number of rotatable bonds is 5. The van der Waals surface area contributed by atoms with Gasteiger partial charge >= 0.3 is 0 Å². The largest absolute Gasteiger partial charge is 0.396 e. The second-order valence-electron chi connectivity index (χ2n) is 5.16. The minimum atomic E-state index is 0.106. The summed E-state index contributed by atoms with van der Waals surface area (Å²) in [6, 6.07) is 5.49. The highest BCUT2D eigenvalue weighted by atomic mass is 35.5. The molecular formula is C15H19Cl2NO2. The van der Waals surface area contributed by atoms with Crippen LogP contribution in [0.5, 0.6) is 0 Å². The van der Waals surface area contributed by atoms with Crippen LogP contribution < -0.4 is 0 Å². The highest BCUT2D eigenvalue weighted by molar-refractivity contribution is 6.35. The molecule has 0 bridgehead atoms. The first kappa shape index (κ1) is 15.6. The lowest BCUT2D eigenvalue weighted by Gasteiger charge is -2.25. The first-order valence-electron chi connectivity index (χ1n) is 6.96. The fourth-order valence-corrected chi connectivity index (χ4v) is 3.20. The molecule has 5 heteroatoms. The van der Waals surface area contributed by atoms with E-state index in [1.54, 1.807) is 18.2 Å². The molecule has 2 rings (SSSR count). The van der Waals surface area contributed by atoms with E-state index < -0.39 is 0 Å². The molecule has 1 heterocycles. The van der Waals surface area contributed by atoms with Crippen molar-refractivity contribution >= 4 is 29.1 Å². The Bertz CT molecular complexity index is 479. The molecule has 1 N–H and O–H groups in total. The third kappa shape index (κ3) is 3.87. The van der Waals surface area contributed by atoms with E-state index in [1.807, 2.05) is 4.90 Å². The zero-order chi connectivity index (χ0) is 14.5. The first-order chi connectivity index (χ1) is 9.61. The molecule has 1 aromatic rings. The zero-order valence-electron chi connectivity index (χ0n) is 11.3. The summed E-state index contributed by atoms with van der Waals surface area (Å²) in [7, 11) is 0. The van der Waals surface area contributed by atoms with Crippen molar-refractivity contribution in [3.63, 3.8) is 0 Å². The highest BCUT2D eigenvalue weighted by Crippen LogP contribution is 2.25. The van der Waals surface area contributed by atoms with Crippen LogP contribution in [0.2, 0.25) is 10.0 Å². The molecule has 1 aliphatic heterocycles. The fraction of sp³-hybridized carbons (Fsp3) is 0.533. The summed E-state index contributed by atoms with van der Waals surface area (Å²) < 4.78 is 0. The number of carbonyl (C=O) groups is 1. The SMILES string of the molecule is O=C(Cc1ccc(Cl)cc1Cl)N1CCCC1CCCO. The predicted molar refractivity (Wildman–Crippen MR) is 81.2 cm³/mol. The van der Waals surface area contributed by atoms with Crippen molar-refractivity contribution in [3.05, 3.63) is 33.8 Å². The number of halogens is 2. The molecule has 20 heavy (non-hydrogen) atoms. The summed E-state index contributed by atoms with van der Waals surface area (Å²) in [4.78, 5) is 14.3. The first-order valence-corrected chi connectivity index (χ1v) is 7.71. The molecule has 1 saturated heterocycles. The fourth-order valence-electron chi connectivity index (χ4n) is 2.72. The van der Waals surface area contributed by atoms with E-state index in [9.17, 15) is 4.79 Å². The van der Waals surface area contributed by atoms with Crippen molar-refractivity contribution in [1.29, 1.82) is 0 Å². The summed E-state index contributed by atoms with van der Waals surface area (Å²) in [6.07, 6.45) is 3.99. The van der Waals surface area contributed by atoms with E-state index >= 15 is 0 Å². The number of aliphatic hydroxyl groups is 1. The number of benzene rings is 1. The molecule has 3 nitrogen and oxygen atoms in total. The van der Waals surface area contributed by atoms with Gasteiger partial charge in [-0.15, -0.1) is 0 Å². The van der Waals surface area contributed by atoms with E-state index in [4.69, 9.17) is 28.3 Å². The monoisotopic (exact) mass is 315 g/mol. The van der Waals surface area contributed by atoms with Gasteiger partial charge < -0.3 is 10.0 Å². The van der Waals surface area contributed by atoms with Crippen LogP contribution in [0, 0.1) is 0 Å². The van der Waals surface area contributed by atoms with Crippen molar-refractivity contribution in [2.45, 2.75) is 38.1 Å². The van der Waals surface area contributed by atoms with Crippen LogP contribution in [0.15, 0.2) is 18.2 Å². The van der Waals surface area contributed by atoms with Crippen molar-refractivity contribution < 1.29 is 9.90 Å². The Balaban J connectivity index is 2.00. The third-order valence-corrected chi connectivity index (χ3v) is 4.34. The van der Waals surface area contributed by atoms with Crippen molar-refractivity contribution in [3.8, 4) is 0 Å². The second-order valence-corrected chi connectivity index (χ2v) is 6.01. The Morgan fingerprint density at radius 2 is 2.20 bits per heavy atom. The van der Waals surface area contributed by atoms with Crippen LogP contribution in [0.1, 0.15) is 31.2 Å². The average Bonchev–Trinajstić information content (AvgIpc) is 2.88. The Labute approximate surface area is 129 Å². The van der Waals surface area contributed by atoms with Crippen LogP contribution in [0.4, 0.5) is 0 Å². The Morgan fingerprint density at radius 3 is 2.90 bits per heavy atom. The molecular weight excluding hydrogens is 297 g/mol. The van der Waals surface area contributed by atoms with Gasteiger partial charge in [0.15, 0.2) is 0 Å². The summed E-state index contributed by atoms with van der Waals surface area (Å²) in [5.41, 5.74) is 0.814. The number of likely N-dealkylation sites (tertiary alicyclic amines) is 1. The number of aliphatic hydroxyl groups excluding tert-OH is 1. The molecule has 1 atom stereocenters. The molecule has 1 amide bonds. The van der Waals surface area contributed by atoms with E-state index in [0.717, 1.165) is 37.8 Å². The van der Waals surface area contributed by atoms with Gasteiger partial charge in [-0.05, 0) is 43.4 Å². The minimum absolute atomic E-state index is 0.106. The maximum atomic E-state index is 12.4. The topological polar surface area (TPSA) is 40.5 Å². The van der Waals surface area contributed by atoms with Gasteiger partial charge in [0.25, 0.3) is 0 Å². The van der Waals surface area contributed by atoms with Gasteiger partial charge in [0.1, 0.15) is 0 Å². The van der Waals surface area contributed by atoms with E-state index in [0.29, 0.717) is 16.5 Å². The summed E-state index contributed by atoms with van der Waals surface area (Å²) in [6.45, 7) is 0.988. The standard InChI is InChI=1S/C15H19Cl2NO2/c16-12-6-5-11(14(17)10-12)9-15(20)18-7-1-3-13(18)4-2-8-19/h5-6,10,13,19H,1-4,7-9H2. The minimum Gasteiger partial charge on any atom is -0.396 e. The van der Waals surface area contributed by atoms with Crippen LogP contribution in [0.25, 0.3) is 0 Å². The number of amides is 1. The maximum absolute atomic E-state index is 12.4. The molecule has 1 fully saturated rings. The maximum Gasteiger partial charge on any atom is 0.227 e. The summed E-state index contributed by atoms with van der Waals surface area (Å²) in [5, 5.41) is 10.0.